The number of aliphatic carboxylic acids is 1. The van der Waals surface area contributed by atoms with Crippen LogP contribution in [0.4, 0.5) is 4.79 Å². The third-order valence-electron chi connectivity index (χ3n) is 6.24. The number of terminal acetylenes is 1. The van der Waals surface area contributed by atoms with Gasteiger partial charge in [-0.15, -0.1) is 6.42 Å². The number of amides is 2. The summed E-state index contributed by atoms with van der Waals surface area (Å²) < 4.78 is 5.59. The molecule has 174 valence electrons. The number of hydrogen-bond donors (Lipinski definition) is 2. The van der Waals surface area contributed by atoms with Crippen LogP contribution in [-0.2, 0) is 14.3 Å². The Balaban J connectivity index is 1.35. The third kappa shape index (κ3) is 4.96. The van der Waals surface area contributed by atoms with Crippen molar-refractivity contribution in [3.8, 4) is 23.5 Å². The first-order valence-electron chi connectivity index (χ1n) is 11.2. The number of allylic oxidation sites excluding steroid dienone is 1. The molecule has 2 N–H and O–H groups in total. The van der Waals surface area contributed by atoms with E-state index >= 15 is 0 Å². The second kappa shape index (κ2) is 10.3. The van der Waals surface area contributed by atoms with E-state index in [-0.39, 0.29) is 25.0 Å². The van der Waals surface area contributed by atoms with E-state index < -0.39 is 30.6 Å². The average Bonchev–Trinajstić information content (AvgIpc) is 3.16. The van der Waals surface area contributed by atoms with E-state index in [1.807, 2.05) is 36.4 Å². The van der Waals surface area contributed by atoms with Crippen molar-refractivity contribution < 1.29 is 24.2 Å². The monoisotopic (exact) mass is 458 g/mol. The van der Waals surface area contributed by atoms with Crippen LogP contribution in [0.2, 0.25) is 0 Å². The minimum atomic E-state index is -1.12. The smallest absolute Gasteiger partial charge is 0.407 e. The molecule has 0 bridgehead atoms. The highest BCUT2D eigenvalue weighted by atomic mass is 16.5. The highest BCUT2D eigenvalue weighted by Gasteiger charge is 2.31. The first-order chi connectivity index (χ1) is 16.5. The molecule has 0 aliphatic heterocycles. The summed E-state index contributed by atoms with van der Waals surface area (Å²) in [5.74, 6) is 0.376. The van der Waals surface area contributed by atoms with Gasteiger partial charge in [0.2, 0.25) is 5.91 Å². The minimum Gasteiger partial charge on any atom is -0.480 e. The van der Waals surface area contributed by atoms with E-state index in [4.69, 9.17) is 16.3 Å². The lowest BCUT2D eigenvalue weighted by molar-refractivity contribution is -0.146. The fourth-order valence-corrected chi connectivity index (χ4v) is 4.73. The molecular weight excluding hydrogens is 432 g/mol. The molecule has 34 heavy (non-hydrogen) atoms. The van der Waals surface area contributed by atoms with Crippen LogP contribution in [0.25, 0.3) is 11.1 Å². The van der Waals surface area contributed by atoms with Crippen LogP contribution in [0.5, 0.6) is 0 Å². The first-order valence-corrected chi connectivity index (χ1v) is 11.2. The number of carbonyl (C=O) groups excluding carboxylic acids is 2. The van der Waals surface area contributed by atoms with Crippen LogP contribution in [0.15, 0.2) is 60.7 Å². The third-order valence-corrected chi connectivity index (χ3v) is 6.24. The summed E-state index contributed by atoms with van der Waals surface area (Å²) in [5.41, 5.74) is 4.57. The molecule has 2 atom stereocenters. The molecule has 7 heteroatoms. The number of alkyl carbamates (subject to hydrolysis) is 1. The van der Waals surface area contributed by atoms with Gasteiger partial charge in [0.1, 0.15) is 13.2 Å². The van der Waals surface area contributed by atoms with Crippen molar-refractivity contribution >= 4 is 18.0 Å². The van der Waals surface area contributed by atoms with Crippen LogP contribution in [0, 0.1) is 18.3 Å². The molecular formula is C27H26N2O5. The van der Waals surface area contributed by atoms with Gasteiger partial charge in [-0.25, -0.2) is 4.79 Å². The summed E-state index contributed by atoms with van der Waals surface area (Å²) in [6.45, 7) is -0.323. The van der Waals surface area contributed by atoms with E-state index in [9.17, 15) is 14.4 Å². The SMILES string of the molecule is C#CCN(CC(=O)O)C(=O)[C@@H]1CC=C[C@@H](NC(=O)OCC2c3ccccc3-c3ccccc32)C1. The molecule has 0 saturated heterocycles. The second-order valence-electron chi connectivity index (χ2n) is 8.47. The quantitative estimate of drug-likeness (QED) is 0.490. The molecule has 2 aliphatic rings. The maximum Gasteiger partial charge on any atom is 0.407 e. The van der Waals surface area contributed by atoms with Gasteiger partial charge in [0, 0.05) is 11.8 Å². The zero-order chi connectivity index (χ0) is 24.1. The van der Waals surface area contributed by atoms with Gasteiger partial charge in [0.05, 0.1) is 12.6 Å². The number of hydrogen-bond acceptors (Lipinski definition) is 4. The Hall–Kier alpha value is -4.05. The van der Waals surface area contributed by atoms with E-state index in [0.717, 1.165) is 27.2 Å². The number of carbonyl (C=O) groups is 3. The van der Waals surface area contributed by atoms with Gasteiger partial charge in [0.15, 0.2) is 0 Å². The van der Waals surface area contributed by atoms with Crippen molar-refractivity contribution in [3.63, 3.8) is 0 Å². The molecule has 2 aromatic rings. The molecule has 0 radical (unpaired) electrons. The van der Waals surface area contributed by atoms with Crippen molar-refractivity contribution in [3.05, 3.63) is 71.8 Å². The molecule has 2 amide bonds. The maximum absolute atomic E-state index is 12.8. The largest absolute Gasteiger partial charge is 0.480 e. The predicted octanol–water partition coefficient (Wildman–Crippen LogP) is 3.41. The number of carboxylic acid groups (broad SMARTS) is 1. The van der Waals surface area contributed by atoms with Crippen molar-refractivity contribution in [1.29, 1.82) is 0 Å². The molecule has 0 fully saturated rings. The average molecular weight is 459 g/mol. The van der Waals surface area contributed by atoms with E-state index in [1.165, 1.54) is 0 Å². The Morgan fingerprint density at radius 3 is 2.35 bits per heavy atom. The Morgan fingerprint density at radius 2 is 1.74 bits per heavy atom. The number of benzene rings is 2. The number of rotatable bonds is 7. The predicted molar refractivity (Wildman–Crippen MR) is 127 cm³/mol. The van der Waals surface area contributed by atoms with Gasteiger partial charge < -0.3 is 20.1 Å². The number of ether oxygens (including phenoxy) is 1. The molecule has 2 aliphatic carbocycles. The lowest BCUT2D eigenvalue weighted by Crippen LogP contribution is -2.44. The second-order valence-corrected chi connectivity index (χ2v) is 8.47. The normalized spacial score (nSPS) is 18.3. The molecule has 0 saturated carbocycles. The number of fused-ring (bicyclic) bond motifs is 3. The molecule has 0 heterocycles. The molecule has 0 spiro atoms. The summed E-state index contributed by atoms with van der Waals surface area (Å²) >= 11 is 0. The zero-order valence-electron chi connectivity index (χ0n) is 18.6. The zero-order valence-corrected chi connectivity index (χ0v) is 18.6. The van der Waals surface area contributed by atoms with Gasteiger partial charge in [-0.3, -0.25) is 9.59 Å². The topological polar surface area (TPSA) is 95.9 Å². The molecule has 7 nitrogen and oxygen atoms in total. The number of nitrogens with zero attached hydrogens (tertiary/aromatic N) is 1. The van der Waals surface area contributed by atoms with Gasteiger partial charge in [-0.05, 0) is 35.1 Å². The van der Waals surface area contributed by atoms with Gasteiger partial charge >= 0.3 is 12.1 Å². The van der Waals surface area contributed by atoms with Crippen LogP contribution in [0.3, 0.4) is 0 Å². The Labute approximate surface area is 198 Å². The fourth-order valence-electron chi connectivity index (χ4n) is 4.73. The van der Waals surface area contributed by atoms with Crippen molar-refractivity contribution in [2.45, 2.75) is 24.8 Å². The van der Waals surface area contributed by atoms with Gasteiger partial charge in [-0.1, -0.05) is 66.6 Å². The number of nitrogens with one attached hydrogen (secondary N) is 1. The molecule has 0 aromatic heterocycles. The van der Waals surface area contributed by atoms with Crippen molar-refractivity contribution in [1.82, 2.24) is 10.2 Å². The molecule has 0 unspecified atom stereocenters. The standard InChI is InChI=1S/C27H26N2O5/c1-2-14-29(16-25(30)31)26(32)18-8-7-9-19(15-18)28-27(33)34-17-24-22-12-5-3-10-20(22)21-11-4-6-13-23(21)24/h1,3-7,9-13,18-19,24H,8,14-17H2,(H,28,33)(H,30,31)/t18-,19-/m1/s1. The Morgan fingerprint density at radius 1 is 1.09 bits per heavy atom. The summed E-state index contributed by atoms with van der Waals surface area (Å²) in [4.78, 5) is 37.6. The fraction of sp³-hybridized carbons (Fsp3) is 0.296. The minimum absolute atomic E-state index is 0.0392. The van der Waals surface area contributed by atoms with E-state index in [1.54, 1.807) is 0 Å². The maximum atomic E-state index is 12.8. The van der Waals surface area contributed by atoms with E-state index in [2.05, 4.69) is 35.5 Å². The Bertz CT molecular complexity index is 1120. The van der Waals surface area contributed by atoms with Crippen LogP contribution < -0.4 is 5.32 Å². The summed E-state index contributed by atoms with van der Waals surface area (Å²) in [7, 11) is 0. The molecule has 4 rings (SSSR count). The summed E-state index contributed by atoms with van der Waals surface area (Å²) in [6, 6.07) is 15.8. The lowest BCUT2D eigenvalue weighted by Gasteiger charge is -2.28. The number of carboxylic acids is 1. The van der Waals surface area contributed by atoms with Crippen molar-refractivity contribution in [2.75, 3.05) is 19.7 Å². The highest BCUT2D eigenvalue weighted by molar-refractivity contribution is 5.84. The lowest BCUT2D eigenvalue weighted by atomic mass is 9.90. The van der Waals surface area contributed by atoms with Gasteiger partial charge in [-0.2, -0.15) is 0 Å². The highest BCUT2D eigenvalue weighted by Crippen LogP contribution is 2.44. The summed E-state index contributed by atoms with van der Waals surface area (Å²) in [6.07, 6.45) is 9.18. The summed E-state index contributed by atoms with van der Waals surface area (Å²) in [5, 5.41) is 11.9. The van der Waals surface area contributed by atoms with Crippen LogP contribution in [-0.4, -0.2) is 53.7 Å². The first kappa shape index (κ1) is 23.1. The van der Waals surface area contributed by atoms with Crippen LogP contribution >= 0.6 is 0 Å². The van der Waals surface area contributed by atoms with Crippen molar-refractivity contribution in [2.24, 2.45) is 5.92 Å². The van der Waals surface area contributed by atoms with Gasteiger partial charge in [0.25, 0.3) is 0 Å². The van der Waals surface area contributed by atoms with Crippen LogP contribution in [0.1, 0.15) is 29.9 Å². The van der Waals surface area contributed by atoms with E-state index in [0.29, 0.717) is 12.8 Å². The Kier molecular flexibility index (Phi) is 6.98. The molecule has 2 aromatic carbocycles.